The van der Waals surface area contributed by atoms with Crippen LogP contribution in [0.5, 0.6) is 11.5 Å². The lowest BCUT2D eigenvalue weighted by Gasteiger charge is -2.37. The summed E-state index contributed by atoms with van der Waals surface area (Å²) in [6.07, 6.45) is -0.0676. The number of aliphatic hydroxyl groups is 1. The Morgan fingerprint density at radius 3 is 2.44 bits per heavy atom. The molecule has 0 saturated carbocycles. The molecule has 1 fully saturated rings. The molecule has 2 N–H and O–H groups in total. The van der Waals surface area contributed by atoms with Gasteiger partial charge in [0, 0.05) is 17.9 Å². The Bertz CT molecular complexity index is 718. The largest absolute Gasteiger partial charge is 0.457 e. The molecule has 0 amide bonds. The maximum atomic E-state index is 10.2. The highest BCUT2D eigenvalue weighted by Crippen LogP contribution is 2.44. The lowest BCUT2D eigenvalue weighted by molar-refractivity contribution is -0.280. The van der Waals surface area contributed by atoms with Crippen LogP contribution >= 0.6 is 11.8 Å². The summed E-state index contributed by atoms with van der Waals surface area (Å²) in [6, 6.07) is 17.3. The third-order valence-electron chi connectivity index (χ3n) is 4.45. The Morgan fingerprint density at radius 1 is 1.15 bits per heavy atom. The van der Waals surface area contributed by atoms with Crippen molar-refractivity contribution >= 4 is 18.8 Å². The summed E-state index contributed by atoms with van der Waals surface area (Å²) >= 11 is 1.54. The summed E-state index contributed by atoms with van der Waals surface area (Å²) in [5, 5.41) is 20.4. The fourth-order valence-corrected chi connectivity index (χ4v) is 4.72. The first-order valence-electron chi connectivity index (χ1n) is 8.83. The maximum Gasteiger partial charge on any atom is 0.377 e. The van der Waals surface area contributed by atoms with Gasteiger partial charge in [0.2, 0.25) is 0 Å². The number of benzene rings is 2. The first-order chi connectivity index (χ1) is 13.0. The van der Waals surface area contributed by atoms with E-state index in [2.05, 4.69) is 0 Å². The summed E-state index contributed by atoms with van der Waals surface area (Å²) in [5.41, 5.74) is 0. The van der Waals surface area contributed by atoms with Crippen LogP contribution in [0.1, 0.15) is 6.42 Å². The van der Waals surface area contributed by atoms with E-state index in [-0.39, 0.29) is 6.61 Å². The SMILES string of the molecule is COOCC1(Sc2ccc(Oc3ccccc3)cc2)CC(O)CN1B(C)O. The molecule has 0 aromatic heterocycles. The number of para-hydroxylation sites is 1. The van der Waals surface area contributed by atoms with Gasteiger partial charge in [-0.3, -0.25) is 4.81 Å². The normalized spacial score (nSPS) is 22.7. The minimum atomic E-state index is -0.712. The molecule has 8 heteroatoms. The summed E-state index contributed by atoms with van der Waals surface area (Å²) in [6.45, 7) is 2.29. The number of hydrogen-bond acceptors (Lipinski definition) is 7. The molecule has 2 aromatic carbocycles. The molecular weight excluding hydrogens is 365 g/mol. The van der Waals surface area contributed by atoms with Gasteiger partial charge in [0.25, 0.3) is 0 Å². The molecule has 2 aromatic rings. The molecule has 1 saturated heterocycles. The van der Waals surface area contributed by atoms with Gasteiger partial charge in [-0.2, -0.15) is 0 Å². The summed E-state index contributed by atoms with van der Waals surface area (Å²) in [4.78, 5) is 12.2. The molecule has 0 spiro atoms. The summed E-state index contributed by atoms with van der Waals surface area (Å²) < 4.78 is 5.83. The highest BCUT2D eigenvalue weighted by Gasteiger charge is 2.49. The van der Waals surface area contributed by atoms with Crippen molar-refractivity contribution in [2.45, 2.75) is 29.1 Å². The highest BCUT2D eigenvalue weighted by molar-refractivity contribution is 8.00. The van der Waals surface area contributed by atoms with E-state index in [1.165, 1.54) is 18.9 Å². The van der Waals surface area contributed by atoms with Crippen LogP contribution in [0.25, 0.3) is 0 Å². The molecule has 1 heterocycles. The zero-order valence-electron chi connectivity index (χ0n) is 15.4. The van der Waals surface area contributed by atoms with E-state index in [9.17, 15) is 10.1 Å². The van der Waals surface area contributed by atoms with Crippen LogP contribution in [0, 0.1) is 0 Å². The second kappa shape index (κ2) is 9.10. The van der Waals surface area contributed by atoms with Crippen molar-refractivity contribution in [3.63, 3.8) is 0 Å². The van der Waals surface area contributed by atoms with Gasteiger partial charge in [0.05, 0.1) is 18.1 Å². The fraction of sp³-hybridized carbons (Fsp3) is 0.368. The second-order valence-corrected chi connectivity index (χ2v) is 7.94. The molecule has 3 rings (SSSR count). The Kier molecular flexibility index (Phi) is 6.81. The molecule has 0 bridgehead atoms. The fourth-order valence-electron chi connectivity index (χ4n) is 3.28. The van der Waals surface area contributed by atoms with E-state index in [0.717, 1.165) is 16.4 Å². The van der Waals surface area contributed by atoms with Gasteiger partial charge in [-0.15, -0.1) is 11.8 Å². The van der Waals surface area contributed by atoms with E-state index < -0.39 is 18.0 Å². The van der Waals surface area contributed by atoms with Gasteiger partial charge in [-0.25, -0.2) is 9.78 Å². The van der Waals surface area contributed by atoms with E-state index in [0.29, 0.717) is 13.0 Å². The Labute approximate surface area is 164 Å². The lowest BCUT2D eigenvalue weighted by Crippen LogP contribution is -2.51. The molecule has 1 aliphatic rings. The monoisotopic (exact) mass is 389 g/mol. The Balaban J connectivity index is 1.75. The van der Waals surface area contributed by atoms with Gasteiger partial charge in [-0.05, 0) is 43.2 Å². The van der Waals surface area contributed by atoms with Gasteiger partial charge >= 0.3 is 7.05 Å². The van der Waals surface area contributed by atoms with Crippen molar-refractivity contribution in [2.75, 3.05) is 20.3 Å². The van der Waals surface area contributed by atoms with Crippen molar-refractivity contribution in [3.05, 3.63) is 54.6 Å². The zero-order chi connectivity index (χ0) is 19.3. The van der Waals surface area contributed by atoms with Crippen molar-refractivity contribution in [1.29, 1.82) is 0 Å². The number of rotatable bonds is 8. The third-order valence-corrected chi connectivity index (χ3v) is 5.86. The van der Waals surface area contributed by atoms with Crippen LogP contribution in [-0.2, 0) is 9.78 Å². The molecule has 2 atom stereocenters. The Morgan fingerprint density at radius 2 is 1.81 bits per heavy atom. The average Bonchev–Trinajstić information content (AvgIpc) is 2.99. The van der Waals surface area contributed by atoms with Crippen LogP contribution in [0.2, 0.25) is 6.82 Å². The molecular formula is C19H24BNO5S. The number of ether oxygens (including phenoxy) is 1. The summed E-state index contributed by atoms with van der Waals surface area (Å²) in [5.74, 6) is 1.52. The van der Waals surface area contributed by atoms with Crippen LogP contribution < -0.4 is 4.74 Å². The predicted molar refractivity (Wildman–Crippen MR) is 106 cm³/mol. The van der Waals surface area contributed by atoms with Gasteiger partial charge in [0.1, 0.15) is 18.1 Å². The molecule has 0 radical (unpaired) electrons. The first kappa shape index (κ1) is 20.2. The molecule has 0 aliphatic carbocycles. The Hall–Kier alpha value is -1.55. The van der Waals surface area contributed by atoms with E-state index >= 15 is 0 Å². The van der Waals surface area contributed by atoms with Crippen LogP contribution in [-0.4, -0.2) is 53.2 Å². The molecule has 27 heavy (non-hydrogen) atoms. The number of thioether (sulfide) groups is 1. The number of β-amino-alcohol motifs (C(OH)–C–C–N with tert-alkyl or cyclic N) is 1. The number of hydrogen-bond donors (Lipinski definition) is 2. The van der Waals surface area contributed by atoms with Crippen molar-refractivity contribution in [1.82, 2.24) is 4.81 Å². The van der Waals surface area contributed by atoms with E-state index in [1.54, 1.807) is 6.82 Å². The average molecular weight is 389 g/mol. The summed E-state index contributed by atoms with van der Waals surface area (Å²) in [7, 11) is 0.738. The van der Waals surface area contributed by atoms with Crippen molar-refractivity contribution in [3.8, 4) is 11.5 Å². The van der Waals surface area contributed by atoms with Crippen LogP contribution in [0.4, 0.5) is 0 Å². The third kappa shape index (κ3) is 5.04. The maximum absolute atomic E-state index is 10.2. The second-order valence-electron chi connectivity index (χ2n) is 6.51. The van der Waals surface area contributed by atoms with E-state index in [1.807, 2.05) is 59.4 Å². The van der Waals surface area contributed by atoms with Crippen LogP contribution in [0.15, 0.2) is 59.5 Å². The van der Waals surface area contributed by atoms with Gasteiger partial charge < -0.3 is 14.9 Å². The van der Waals surface area contributed by atoms with Crippen LogP contribution in [0.3, 0.4) is 0 Å². The van der Waals surface area contributed by atoms with Gasteiger partial charge in [0.15, 0.2) is 0 Å². The number of nitrogens with zero attached hydrogens (tertiary/aromatic N) is 1. The molecule has 144 valence electrons. The molecule has 1 aliphatic heterocycles. The first-order valence-corrected chi connectivity index (χ1v) is 9.64. The molecule has 6 nitrogen and oxygen atoms in total. The molecule has 2 unspecified atom stereocenters. The standard InChI is InChI=1S/C19H24BNO5S/c1-20(23)21-13-15(22)12-19(21,14-25-24-2)27-18-10-8-17(9-11-18)26-16-6-4-3-5-7-16/h3-11,15,22-23H,12-14H2,1-2H3. The number of aliphatic hydroxyl groups excluding tert-OH is 1. The minimum Gasteiger partial charge on any atom is -0.457 e. The van der Waals surface area contributed by atoms with Crippen molar-refractivity contribution < 1.29 is 24.6 Å². The highest BCUT2D eigenvalue weighted by atomic mass is 32.2. The minimum absolute atomic E-state index is 0.221. The van der Waals surface area contributed by atoms with E-state index in [4.69, 9.17) is 14.5 Å². The predicted octanol–water partition coefficient (Wildman–Crippen LogP) is 3.02. The quantitative estimate of drug-likeness (QED) is 0.409. The van der Waals surface area contributed by atoms with Gasteiger partial charge in [-0.1, -0.05) is 18.2 Å². The zero-order valence-corrected chi connectivity index (χ0v) is 16.3. The smallest absolute Gasteiger partial charge is 0.377 e. The topological polar surface area (TPSA) is 71.4 Å². The lowest BCUT2D eigenvalue weighted by atomic mass is 9.84. The van der Waals surface area contributed by atoms with Crippen molar-refractivity contribution in [2.24, 2.45) is 0 Å².